The largest absolute Gasteiger partial charge is 0.396 e. The van der Waals surface area contributed by atoms with Gasteiger partial charge in [-0.1, -0.05) is 41.7 Å². The minimum absolute atomic E-state index is 0.228. The first-order valence-electron chi connectivity index (χ1n) is 5.00. The third-order valence-corrected chi connectivity index (χ3v) is 3.20. The molecule has 0 aliphatic rings. The minimum Gasteiger partial charge on any atom is -0.396 e. The third-order valence-electron chi connectivity index (χ3n) is 2.22. The summed E-state index contributed by atoms with van der Waals surface area (Å²) in [5.41, 5.74) is 3.40. The van der Waals surface area contributed by atoms with Crippen LogP contribution in [0.15, 0.2) is 42.0 Å². The van der Waals surface area contributed by atoms with E-state index in [1.807, 2.05) is 6.07 Å². The van der Waals surface area contributed by atoms with Crippen molar-refractivity contribution in [3.63, 3.8) is 0 Å². The summed E-state index contributed by atoms with van der Waals surface area (Å²) in [6.45, 7) is 1.13. The molecule has 1 aromatic heterocycles. The normalized spacial score (nSPS) is 10.5. The van der Waals surface area contributed by atoms with E-state index >= 15 is 0 Å². The molecule has 0 aliphatic heterocycles. The summed E-state index contributed by atoms with van der Waals surface area (Å²) in [6.07, 6.45) is 2.86. The summed E-state index contributed by atoms with van der Waals surface area (Å²) in [5, 5.41) is 8.82. The Bertz CT molecular complexity index is 411. The van der Waals surface area contributed by atoms with E-state index in [0.29, 0.717) is 0 Å². The Morgan fingerprint density at radius 2 is 2.00 bits per heavy atom. The van der Waals surface area contributed by atoms with Gasteiger partial charge in [0.25, 0.3) is 0 Å². The van der Waals surface area contributed by atoms with E-state index in [2.05, 4.69) is 40.5 Å². The first-order chi connectivity index (χ1) is 7.38. The second kappa shape index (κ2) is 5.05. The van der Waals surface area contributed by atoms with Gasteiger partial charge in [-0.3, -0.25) is 0 Å². The molecule has 3 heteroatoms. The highest BCUT2D eigenvalue weighted by atomic mass is 32.1. The standard InChI is InChI=1S/C12H14NOS/c14-7-6-12-9-13(10-15-12)8-11-4-2-1-3-5-11/h1-5,9-10,14H,6-8H2/q+1. The molecule has 0 amide bonds. The zero-order valence-electron chi connectivity index (χ0n) is 8.47. The molecule has 0 fully saturated rings. The number of thiazole rings is 1. The van der Waals surface area contributed by atoms with Crippen LogP contribution in [-0.2, 0) is 13.0 Å². The summed E-state index contributed by atoms with van der Waals surface area (Å²) in [7, 11) is 0. The van der Waals surface area contributed by atoms with Gasteiger partial charge in [-0.25, -0.2) is 0 Å². The number of rotatable bonds is 4. The van der Waals surface area contributed by atoms with Crippen LogP contribution in [0.5, 0.6) is 0 Å². The van der Waals surface area contributed by atoms with E-state index in [4.69, 9.17) is 5.11 Å². The van der Waals surface area contributed by atoms with Crippen molar-refractivity contribution in [1.82, 2.24) is 0 Å². The molecule has 0 saturated carbocycles. The van der Waals surface area contributed by atoms with Crippen LogP contribution in [0.4, 0.5) is 0 Å². The highest BCUT2D eigenvalue weighted by molar-refractivity contribution is 7.09. The number of aliphatic hydroxyl groups is 1. The smallest absolute Gasteiger partial charge is 0.225 e. The molecule has 1 heterocycles. The predicted molar refractivity (Wildman–Crippen MR) is 60.8 cm³/mol. The van der Waals surface area contributed by atoms with Gasteiger partial charge in [0, 0.05) is 18.6 Å². The number of benzene rings is 1. The molecule has 2 nitrogen and oxygen atoms in total. The molecule has 0 atom stereocenters. The Hall–Kier alpha value is -1.19. The fourth-order valence-corrected chi connectivity index (χ4v) is 2.30. The number of nitrogens with zero attached hydrogens (tertiary/aromatic N) is 1. The molecule has 1 aromatic carbocycles. The first-order valence-corrected chi connectivity index (χ1v) is 5.87. The molecule has 15 heavy (non-hydrogen) atoms. The van der Waals surface area contributed by atoms with E-state index in [1.165, 1.54) is 10.4 Å². The van der Waals surface area contributed by atoms with E-state index in [-0.39, 0.29) is 6.61 Å². The van der Waals surface area contributed by atoms with E-state index in [1.54, 1.807) is 11.3 Å². The van der Waals surface area contributed by atoms with Crippen molar-refractivity contribution in [2.45, 2.75) is 13.0 Å². The zero-order valence-corrected chi connectivity index (χ0v) is 9.28. The molecule has 0 saturated heterocycles. The van der Waals surface area contributed by atoms with Crippen LogP contribution in [0, 0.1) is 0 Å². The van der Waals surface area contributed by atoms with Gasteiger partial charge in [0.2, 0.25) is 5.51 Å². The average molecular weight is 220 g/mol. The maximum Gasteiger partial charge on any atom is 0.225 e. The van der Waals surface area contributed by atoms with Crippen molar-refractivity contribution in [2.24, 2.45) is 0 Å². The molecule has 0 radical (unpaired) electrons. The molecule has 0 spiro atoms. The number of aromatic nitrogens is 1. The maximum absolute atomic E-state index is 8.82. The van der Waals surface area contributed by atoms with Gasteiger partial charge in [-0.15, -0.1) is 0 Å². The van der Waals surface area contributed by atoms with Gasteiger partial charge in [0.05, 0.1) is 4.88 Å². The van der Waals surface area contributed by atoms with Gasteiger partial charge >= 0.3 is 0 Å². The zero-order chi connectivity index (χ0) is 10.5. The molecule has 2 rings (SSSR count). The Morgan fingerprint density at radius 3 is 2.73 bits per heavy atom. The van der Waals surface area contributed by atoms with Crippen LogP contribution in [0.3, 0.4) is 0 Å². The average Bonchev–Trinajstić information content (AvgIpc) is 2.68. The molecular weight excluding hydrogens is 206 g/mol. The van der Waals surface area contributed by atoms with Crippen LogP contribution in [-0.4, -0.2) is 11.7 Å². The second-order valence-electron chi connectivity index (χ2n) is 3.45. The summed E-state index contributed by atoms with van der Waals surface area (Å²) in [4.78, 5) is 1.23. The summed E-state index contributed by atoms with van der Waals surface area (Å²) < 4.78 is 2.16. The second-order valence-corrected chi connectivity index (χ2v) is 4.42. The fraction of sp³-hybridized carbons (Fsp3) is 0.250. The Morgan fingerprint density at radius 1 is 1.20 bits per heavy atom. The van der Waals surface area contributed by atoms with Gasteiger partial charge in [-0.05, 0) is 0 Å². The Kier molecular flexibility index (Phi) is 3.48. The lowest BCUT2D eigenvalue weighted by Crippen LogP contribution is -2.30. The summed E-state index contributed by atoms with van der Waals surface area (Å²) in [6, 6.07) is 10.4. The van der Waals surface area contributed by atoms with Crippen molar-refractivity contribution in [2.75, 3.05) is 6.61 Å². The van der Waals surface area contributed by atoms with Crippen LogP contribution >= 0.6 is 11.3 Å². The van der Waals surface area contributed by atoms with Crippen LogP contribution < -0.4 is 4.57 Å². The summed E-state index contributed by atoms with van der Waals surface area (Å²) in [5.74, 6) is 0. The number of hydrogen-bond donors (Lipinski definition) is 1. The number of aliphatic hydroxyl groups excluding tert-OH is 1. The summed E-state index contributed by atoms with van der Waals surface area (Å²) >= 11 is 1.70. The molecule has 78 valence electrons. The molecular formula is C12H14NOS+. The lowest BCUT2D eigenvalue weighted by Gasteiger charge is -1.93. The van der Waals surface area contributed by atoms with E-state index < -0.39 is 0 Å². The van der Waals surface area contributed by atoms with Crippen molar-refractivity contribution in [1.29, 1.82) is 0 Å². The first kappa shape index (κ1) is 10.3. The number of hydrogen-bond acceptors (Lipinski definition) is 2. The highest BCUT2D eigenvalue weighted by Crippen LogP contribution is 2.06. The maximum atomic E-state index is 8.82. The third kappa shape index (κ3) is 2.88. The molecule has 0 aliphatic carbocycles. The van der Waals surface area contributed by atoms with Crippen LogP contribution in [0.2, 0.25) is 0 Å². The van der Waals surface area contributed by atoms with E-state index in [0.717, 1.165) is 13.0 Å². The Balaban J connectivity index is 2.05. The molecule has 1 N–H and O–H groups in total. The van der Waals surface area contributed by atoms with Crippen molar-refractivity contribution in [3.05, 3.63) is 52.5 Å². The van der Waals surface area contributed by atoms with Gasteiger partial charge in [0.1, 0.15) is 0 Å². The molecule has 2 aromatic rings. The van der Waals surface area contributed by atoms with Crippen LogP contribution in [0.25, 0.3) is 0 Å². The van der Waals surface area contributed by atoms with Gasteiger partial charge < -0.3 is 5.11 Å². The lowest BCUT2D eigenvalue weighted by molar-refractivity contribution is -0.683. The quantitative estimate of drug-likeness (QED) is 0.778. The topological polar surface area (TPSA) is 24.1 Å². The fourth-order valence-electron chi connectivity index (χ4n) is 1.49. The SMILES string of the molecule is OCCc1c[n+](Cc2ccccc2)cs1. The predicted octanol–water partition coefficient (Wildman–Crippen LogP) is 1.62. The van der Waals surface area contributed by atoms with Crippen molar-refractivity contribution < 1.29 is 9.67 Å². The molecule has 0 unspecified atom stereocenters. The van der Waals surface area contributed by atoms with Crippen molar-refractivity contribution in [3.8, 4) is 0 Å². The monoisotopic (exact) mass is 220 g/mol. The Labute approximate surface area is 93.4 Å². The van der Waals surface area contributed by atoms with E-state index in [9.17, 15) is 0 Å². The van der Waals surface area contributed by atoms with Crippen molar-refractivity contribution >= 4 is 11.3 Å². The highest BCUT2D eigenvalue weighted by Gasteiger charge is 2.06. The molecule has 0 bridgehead atoms. The van der Waals surface area contributed by atoms with Crippen LogP contribution in [0.1, 0.15) is 10.4 Å². The lowest BCUT2D eigenvalue weighted by atomic mass is 10.2. The minimum atomic E-state index is 0.228. The van der Waals surface area contributed by atoms with Gasteiger partial charge in [0.15, 0.2) is 12.7 Å². The van der Waals surface area contributed by atoms with Gasteiger partial charge in [-0.2, -0.15) is 4.57 Å².